The molecule has 4 rings (SSSR count). The van der Waals surface area contributed by atoms with Gasteiger partial charge in [-0.05, 0) is 31.2 Å². The maximum Gasteiger partial charge on any atom is 0.265 e. The van der Waals surface area contributed by atoms with Crippen LogP contribution in [0.5, 0.6) is 0 Å². The number of hydrogen-bond acceptors (Lipinski definition) is 7. The van der Waals surface area contributed by atoms with Crippen LogP contribution in [0.3, 0.4) is 0 Å². The van der Waals surface area contributed by atoms with Gasteiger partial charge in [0.25, 0.3) is 5.91 Å². The monoisotopic (exact) mass is 400 g/mol. The quantitative estimate of drug-likeness (QED) is 0.669. The standard InChI is InChI=1S/C19H17FN4O3S/c1-12-14(18(23-27-12)15-4-2-13(20)10-21-15)3-5-17-22-11-16(28-17)19(25)24-6-8-26-9-7-24/h2-5,10-11H,6-9H2,1H3/b5-3+. The fourth-order valence-corrected chi connectivity index (χ4v) is 3.61. The Hall–Kier alpha value is -2.91. The summed E-state index contributed by atoms with van der Waals surface area (Å²) in [6.45, 7) is 4.09. The van der Waals surface area contributed by atoms with E-state index < -0.39 is 5.82 Å². The van der Waals surface area contributed by atoms with Gasteiger partial charge in [-0.25, -0.2) is 9.37 Å². The molecular weight excluding hydrogens is 383 g/mol. The highest BCUT2D eigenvalue weighted by Gasteiger charge is 2.20. The molecular formula is C19H17FN4O3S. The van der Waals surface area contributed by atoms with Gasteiger partial charge in [-0.3, -0.25) is 9.78 Å². The van der Waals surface area contributed by atoms with Gasteiger partial charge in [0.05, 0.1) is 31.3 Å². The maximum absolute atomic E-state index is 13.1. The first-order chi connectivity index (χ1) is 13.6. The van der Waals surface area contributed by atoms with Crippen LogP contribution in [0.15, 0.2) is 29.0 Å². The fourth-order valence-electron chi connectivity index (χ4n) is 2.82. The molecule has 1 amide bonds. The molecule has 1 aliphatic heterocycles. The molecule has 0 N–H and O–H groups in total. The highest BCUT2D eigenvalue weighted by molar-refractivity contribution is 7.14. The molecule has 0 saturated carbocycles. The van der Waals surface area contributed by atoms with Gasteiger partial charge in [0.15, 0.2) is 0 Å². The van der Waals surface area contributed by atoms with E-state index in [2.05, 4.69) is 15.1 Å². The van der Waals surface area contributed by atoms with Crippen LogP contribution in [-0.2, 0) is 4.74 Å². The summed E-state index contributed by atoms with van der Waals surface area (Å²) >= 11 is 1.32. The Balaban J connectivity index is 1.54. The van der Waals surface area contributed by atoms with Crippen LogP contribution in [0.4, 0.5) is 4.39 Å². The van der Waals surface area contributed by atoms with Gasteiger partial charge in [0, 0.05) is 18.7 Å². The number of thiazole rings is 1. The number of carbonyl (C=O) groups excluding carboxylic acids is 1. The van der Waals surface area contributed by atoms with E-state index in [1.165, 1.54) is 17.4 Å². The molecule has 0 unspecified atom stereocenters. The van der Waals surface area contributed by atoms with Crippen molar-refractivity contribution in [1.29, 1.82) is 0 Å². The van der Waals surface area contributed by atoms with Crippen LogP contribution in [0, 0.1) is 12.7 Å². The third kappa shape index (κ3) is 3.85. The number of aromatic nitrogens is 3. The zero-order chi connectivity index (χ0) is 19.5. The second-order valence-electron chi connectivity index (χ2n) is 6.16. The predicted molar refractivity (Wildman–Crippen MR) is 102 cm³/mol. The second-order valence-corrected chi connectivity index (χ2v) is 7.23. The summed E-state index contributed by atoms with van der Waals surface area (Å²) in [5.74, 6) is 0.165. The predicted octanol–water partition coefficient (Wildman–Crippen LogP) is 3.28. The number of aryl methyl sites for hydroxylation is 1. The lowest BCUT2D eigenvalue weighted by molar-refractivity contribution is 0.0306. The number of pyridine rings is 1. The maximum atomic E-state index is 13.1. The Morgan fingerprint density at radius 2 is 2.04 bits per heavy atom. The minimum atomic E-state index is -0.415. The summed E-state index contributed by atoms with van der Waals surface area (Å²) in [5, 5.41) is 4.71. The summed E-state index contributed by atoms with van der Waals surface area (Å²) in [6.07, 6.45) is 6.34. The fraction of sp³-hybridized carbons (Fsp3) is 0.263. The number of rotatable bonds is 4. The number of carbonyl (C=O) groups is 1. The molecule has 0 radical (unpaired) electrons. The Kier molecular flexibility index (Phi) is 5.27. The van der Waals surface area contributed by atoms with E-state index in [4.69, 9.17) is 9.26 Å². The Morgan fingerprint density at radius 1 is 1.21 bits per heavy atom. The van der Waals surface area contributed by atoms with Crippen LogP contribution in [-0.4, -0.2) is 52.2 Å². The molecule has 0 spiro atoms. The van der Waals surface area contributed by atoms with Gasteiger partial charge >= 0.3 is 0 Å². The average molecular weight is 400 g/mol. The molecule has 3 aromatic heterocycles. The van der Waals surface area contributed by atoms with Gasteiger partial charge in [-0.2, -0.15) is 0 Å². The van der Waals surface area contributed by atoms with Crippen LogP contribution < -0.4 is 0 Å². The van der Waals surface area contributed by atoms with Crippen molar-refractivity contribution < 1.29 is 18.4 Å². The number of halogens is 1. The van der Waals surface area contributed by atoms with Crippen molar-refractivity contribution in [3.8, 4) is 11.4 Å². The van der Waals surface area contributed by atoms with Crippen molar-refractivity contribution in [2.24, 2.45) is 0 Å². The third-order valence-electron chi connectivity index (χ3n) is 4.30. The largest absolute Gasteiger partial charge is 0.378 e. The van der Waals surface area contributed by atoms with Crippen LogP contribution in [0.25, 0.3) is 23.5 Å². The van der Waals surface area contributed by atoms with E-state index in [1.807, 2.05) is 6.08 Å². The third-order valence-corrected chi connectivity index (χ3v) is 5.25. The molecule has 1 saturated heterocycles. The van der Waals surface area contributed by atoms with Gasteiger partial charge in [0.2, 0.25) is 0 Å². The Bertz CT molecular complexity index is 1010. The van der Waals surface area contributed by atoms with Crippen molar-refractivity contribution >= 4 is 29.4 Å². The first kappa shape index (κ1) is 18.5. The van der Waals surface area contributed by atoms with Gasteiger partial charge in [-0.15, -0.1) is 11.3 Å². The smallest absolute Gasteiger partial charge is 0.265 e. The second kappa shape index (κ2) is 7.99. The number of hydrogen-bond donors (Lipinski definition) is 0. The van der Waals surface area contributed by atoms with Crippen molar-refractivity contribution in [3.63, 3.8) is 0 Å². The van der Waals surface area contributed by atoms with E-state index in [0.717, 1.165) is 11.8 Å². The van der Waals surface area contributed by atoms with E-state index in [0.29, 0.717) is 53.3 Å². The lowest BCUT2D eigenvalue weighted by Crippen LogP contribution is -2.40. The SMILES string of the molecule is Cc1onc(-c2ccc(F)cn2)c1/C=C/c1ncc(C(=O)N2CCOCC2)s1. The van der Waals surface area contributed by atoms with Gasteiger partial charge < -0.3 is 14.2 Å². The van der Waals surface area contributed by atoms with Crippen LogP contribution in [0.1, 0.15) is 26.0 Å². The highest BCUT2D eigenvalue weighted by Crippen LogP contribution is 2.26. The van der Waals surface area contributed by atoms with Gasteiger partial charge in [0.1, 0.15) is 27.2 Å². The summed E-state index contributed by atoms with van der Waals surface area (Å²) in [6, 6.07) is 2.87. The minimum absolute atomic E-state index is 0.0298. The molecule has 0 bridgehead atoms. The Labute approximate surface area is 164 Å². The number of ether oxygens (including phenoxy) is 1. The lowest BCUT2D eigenvalue weighted by atomic mass is 10.1. The van der Waals surface area contributed by atoms with Crippen LogP contribution >= 0.6 is 11.3 Å². The zero-order valence-corrected chi connectivity index (χ0v) is 15.9. The molecule has 1 aliphatic rings. The van der Waals surface area contributed by atoms with E-state index in [-0.39, 0.29) is 5.91 Å². The summed E-state index contributed by atoms with van der Waals surface area (Å²) in [4.78, 5) is 23.2. The summed E-state index contributed by atoms with van der Waals surface area (Å²) < 4.78 is 23.7. The highest BCUT2D eigenvalue weighted by atomic mass is 32.1. The van der Waals surface area contributed by atoms with Crippen molar-refractivity contribution in [2.75, 3.05) is 26.3 Å². The zero-order valence-electron chi connectivity index (χ0n) is 15.1. The van der Waals surface area contributed by atoms with Crippen molar-refractivity contribution in [1.82, 2.24) is 20.0 Å². The van der Waals surface area contributed by atoms with Crippen LogP contribution in [0.2, 0.25) is 0 Å². The molecule has 4 heterocycles. The van der Waals surface area contributed by atoms with E-state index >= 15 is 0 Å². The molecule has 0 aliphatic carbocycles. The molecule has 9 heteroatoms. The molecule has 3 aromatic rings. The molecule has 7 nitrogen and oxygen atoms in total. The number of morpholine rings is 1. The molecule has 144 valence electrons. The Morgan fingerprint density at radius 3 is 2.79 bits per heavy atom. The molecule has 0 atom stereocenters. The normalized spacial score (nSPS) is 14.7. The number of nitrogens with zero attached hydrogens (tertiary/aromatic N) is 4. The first-order valence-electron chi connectivity index (χ1n) is 8.71. The summed E-state index contributed by atoms with van der Waals surface area (Å²) in [7, 11) is 0. The average Bonchev–Trinajstić information content (AvgIpc) is 3.34. The van der Waals surface area contributed by atoms with E-state index in [1.54, 1.807) is 30.2 Å². The lowest BCUT2D eigenvalue weighted by Gasteiger charge is -2.26. The van der Waals surface area contributed by atoms with Crippen molar-refractivity contribution in [3.05, 3.63) is 51.6 Å². The first-order valence-corrected chi connectivity index (χ1v) is 9.52. The molecule has 1 fully saturated rings. The van der Waals surface area contributed by atoms with Crippen molar-refractivity contribution in [2.45, 2.75) is 6.92 Å². The molecule has 0 aromatic carbocycles. The summed E-state index contributed by atoms with van der Waals surface area (Å²) in [5.41, 5.74) is 1.77. The number of amides is 1. The minimum Gasteiger partial charge on any atom is -0.378 e. The van der Waals surface area contributed by atoms with Gasteiger partial charge in [-0.1, -0.05) is 5.16 Å². The van der Waals surface area contributed by atoms with E-state index in [9.17, 15) is 9.18 Å². The molecule has 28 heavy (non-hydrogen) atoms. The topological polar surface area (TPSA) is 81.3 Å².